The fourth-order valence-corrected chi connectivity index (χ4v) is 5.39. The Morgan fingerprint density at radius 2 is 1.26 bits per heavy atom. The first-order chi connectivity index (χ1) is 22.4. The molecule has 2 heterocycles. The van der Waals surface area contributed by atoms with Crippen molar-refractivity contribution in [3.63, 3.8) is 0 Å². The van der Waals surface area contributed by atoms with Crippen LogP contribution in [0.15, 0.2) is 109 Å². The Kier molecular flexibility index (Phi) is 8.77. The number of aliphatic hydroxyl groups is 1. The molecule has 234 valence electrons. The van der Waals surface area contributed by atoms with Crippen LogP contribution in [0.1, 0.15) is 41.4 Å². The first-order valence-electron chi connectivity index (χ1n) is 14.4. The summed E-state index contributed by atoms with van der Waals surface area (Å²) in [5.74, 6) is -2.05. The van der Waals surface area contributed by atoms with Gasteiger partial charge in [-0.15, -0.1) is 0 Å². The van der Waals surface area contributed by atoms with E-state index in [1.165, 1.54) is 31.4 Å². The van der Waals surface area contributed by atoms with Crippen molar-refractivity contribution in [1.29, 1.82) is 0 Å². The summed E-state index contributed by atoms with van der Waals surface area (Å²) in [6.07, 6.45) is -6.00. The van der Waals surface area contributed by atoms with E-state index in [0.29, 0.717) is 5.75 Å². The second kappa shape index (κ2) is 13.2. The number of fused-ring (bicyclic) bond motifs is 1. The number of hydrogen-bond acceptors (Lipinski definition) is 10. The third-order valence-electron chi connectivity index (χ3n) is 7.72. The number of nitrogens with zero attached hydrogens (tertiary/aromatic N) is 1. The lowest BCUT2D eigenvalue weighted by Gasteiger charge is -2.46. The van der Waals surface area contributed by atoms with Gasteiger partial charge in [0.2, 0.25) is 6.29 Å². The van der Waals surface area contributed by atoms with Crippen LogP contribution < -0.4 is 9.47 Å². The fourth-order valence-electron chi connectivity index (χ4n) is 5.39. The lowest BCUT2D eigenvalue weighted by molar-refractivity contribution is -0.253. The van der Waals surface area contributed by atoms with Crippen molar-refractivity contribution in [1.82, 2.24) is 4.90 Å². The SMILES string of the molecule is COc1ccc(O[C@@H]2O[C@H](COC(=O)c3ccccc3)[C@@H](O)[C@H](OC(=O)c3ccccc3)[C@H]2N2C(=O)c3ccccc3C2=O)cc1. The predicted molar refractivity (Wildman–Crippen MR) is 161 cm³/mol. The van der Waals surface area contributed by atoms with Crippen molar-refractivity contribution in [3.8, 4) is 11.5 Å². The second-order valence-electron chi connectivity index (χ2n) is 10.5. The molecule has 11 nitrogen and oxygen atoms in total. The highest BCUT2D eigenvalue weighted by Crippen LogP contribution is 2.35. The quantitative estimate of drug-likeness (QED) is 0.216. The van der Waals surface area contributed by atoms with E-state index >= 15 is 0 Å². The van der Waals surface area contributed by atoms with Gasteiger partial charge in [0.1, 0.15) is 36.4 Å². The highest BCUT2D eigenvalue weighted by molar-refractivity contribution is 6.21. The van der Waals surface area contributed by atoms with Crippen LogP contribution in [0.3, 0.4) is 0 Å². The molecule has 0 spiro atoms. The maximum absolute atomic E-state index is 13.7. The molecule has 6 rings (SSSR count). The van der Waals surface area contributed by atoms with Gasteiger partial charge in [-0.05, 0) is 60.7 Å². The van der Waals surface area contributed by atoms with Crippen LogP contribution in [-0.4, -0.2) is 78.1 Å². The van der Waals surface area contributed by atoms with Gasteiger partial charge in [0.25, 0.3) is 11.8 Å². The second-order valence-corrected chi connectivity index (χ2v) is 10.5. The van der Waals surface area contributed by atoms with Crippen LogP contribution in [0.2, 0.25) is 0 Å². The number of carbonyl (C=O) groups excluding carboxylic acids is 4. The Hall–Kier alpha value is -5.52. The normalized spacial score (nSPS) is 22.1. The van der Waals surface area contributed by atoms with Crippen molar-refractivity contribution in [2.75, 3.05) is 13.7 Å². The minimum atomic E-state index is -1.67. The van der Waals surface area contributed by atoms with Gasteiger partial charge < -0.3 is 28.8 Å². The van der Waals surface area contributed by atoms with E-state index in [4.69, 9.17) is 23.7 Å². The van der Waals surface area contributed by atoms with E-state index in [1.54, 1.807) is 84.9 Å². The summed E-state index contributed by atoms with van der Waals surface area (Å²) in [7, 11) is 1.51. The van der Waals surface area contributed by atoms with Crippen LogP contribution >= 0.6 is 0 Å². The molecule has 0 aromatic heterocycles. The van der Waals surface area contributed by atoms with Crippen LogP contribution in [0.25, 0.3) is 0 Å². The van der Waals surface area contributed by atoms with E-state index in [-0.39, 0.29) is 28.0 Å². The molecule has 11 heteroatoms. The van der Waals surface area contributed by atoms with Gasteiger partial charge in [-0.2, -0.15) is 0 Å². The number of imide groups is 1. The highest BCUT2D eigenvalue weighted by atomic mass is 16.7. The molecule has 4 aromatic rings. The minimum Gasteiger partial charge on any atom is -0.497 e. The zero-order valence-electron chi connectivity index (χ0n) is 24.6. The molecular weight excluding hydrogens is 594 g/mol. The third kappa shape index (κ3) is 6.06. The van der Waals surface area contributed by atoms with Crippen molar-refractivity contribution in [2.24, 2.45) is 0 Å². The summed E-state index contributed by atoms with van der Waals surface area (Å²) in [5.41, 5.74) is 0.714. The number of carbonyl (C=O) groups is 4. The molecule has 0 bridgehead atoms. The van der Waals surface area contributed by atoms with E-state index in [0.717, 1.165) is 4.90 Å². The van der Waals surface area contributed by atoms with Gasteiger partial charge in [0.15, 0.2) is 6.10 Å². The third-order valence-corrected chi connectivity index (χ3v) is 7.72. The van der Waals surface area contributed by atoms with Crippen LogP contribution in [0, 0.1) is 0 Å². The Bertz CT molecular complexity index is 1690. The van der Waals surface area contributed by atoms with E-state index in [2.05, 4.69) is 0 Å². The zero-order chi connectivity index (χ0) is 32.2. The molecule has 0 saturated carbocycles. The molecule has 2 amide bonds. The fraction of sp³-hybridized carbons (Fsp3) is 0.200. The number of rotatable bonds is 9. The molecule has 1 fully saturated rings. The number of methoxy groups -OCH3 is 1. The maximum atomic E-state index is 13.7. The molecular formula is C35H29NO10. The summed E-state index contributed by atoms with van der Waals surface area (Å²) < 4.78 is 28.9. The van der Waals surface area contributed by atoms with Crippen molar-refractivity contribution < 1.29 is 48.0 Å². The number of hydrogen-bond donors (Lipinski definition) is 1. The molecule has 4 aromatic carbocycles. The Morgan fingerprint density at radius 1 is 0.739 bits per heavy atom. The van der Waals surface area contributed by atoms with E-state index in [9.17, 15) is 24.3 Å². The summed E-state index contributed by atoms with van der Waals surface area (Å²) in [5, 5.41) is 11.7. The smallest absolute Gasteiger partial charge is 0.338 e. The molecule has 2 aliphatic heterocycles. The minimum absolute atomic E-state index is 0.136. The van der Waals surface area contributed by atoms with Crippen LogP contribution in [0.5, 0.6) is 11.5 Å². The van der Waals surface area contributed by atoms with Crippen molar-refractivity contribution in [2.45, 2.75) is 30.6 Å². The molecule has 1 N–H and O–H groups in total. The molecule has 5 atom stereocenters. The summed E-state index contributed by atoms with van der Waals surface area (Å²) in [6, 6.07) is 27.5. The van der Waals surface area contributed by atoms with Gasteiger partial charge in [0.05, 0.1) is 29.4 Å². The predicted octanol–water partition coefficient (Wildman–Crippen LogP) is 3.91. The van der Waals surface area contributed by atoms with Gasteiger partial charge in [0, 0.05) is 0 Å². The molecule has 1 saturated heterocycles. The van der Waals surface area contributed by atoms with Gasteiger partial charge >= 0.3 is 11.9 Å². The lowest BCUT2D eigenvalue weighted by Crippen LogP contribution is -2.67. The first-order valence-corrected chi connectivity index (χ1v) is 14.4. The topological polar surface area (TPSA) is 138 Å². The number of ether oxygens (including phenoxy) is 5. The molecule has 2 aliphatic rings. The van der Waals surface area contributed by atoms with Crippen LogP contribution in [0.4, 0.5) is 0 Å². The van der Waals surface area contributed by atoms with Gasteiger partial charge in [-0.3, -0.25) is 14.5 Å². The molecule has 0 unspecified atom stereocenters. The molecule has 0 radical (unpaired) electrons. The average Bonchev–Trinajstić information content (AvgIpc) is 3.35. The monoisotopic (exact) mass is 623 g/mol. The van der Waals surface area contributed by atoms with E-state index < -0.39 is 61.0 Å². The Morgan fingerprint density at radius 3 is 1.83 bits per heavy atom. The first kappa shape index (κ1) is 30.5. The maximum Gasteiger partial charge on any atom is 0.338 e. The average molecular weight is 624 g/mol. The van der Waals surface area contributed by atoms with E-state index in [1.807, 2.05) is 0 Å². The summed E-state index contributed by atoms with van der Waals surface area (Å²) in [4.78, 5) is 54.5. The lowest BCUT2D eigenvalue weighted by atomic mass is 9.95. The van der Waals surface area contributed by atoms with Gasteiger partial charge in [-0.1, -0.05) is 48.5 Å². The number of esters is 2. The standard InChI is InChI=1S/C35H29NO10/c1-42-23-16-18-24(19-17-23)44-35-28(36-31(38)25-14-8-9-15-26(25)32(36)39)30(46-34(41)22-12-6-3-7-13-22)29(37)27(45-35)20-43-33(40)21-10-4-2-5-11-21/h2-19,27-30,35,37H,20H2,1H3/t27-,28-,29-,30-,35-/m1/s1. The molecule has 0 aliphatic carbocycles. The van der Waals surface area contributed by atoms with Crippen molar-refractivity contribution >= 4 is 23.8 Å². The van der Waals surface area contributed by atoms with Gasteiger partial charge in [-0.25, -0.2) is 9.59 Å². The number of benzene rings is 4. The number of amides is 2. The largest absolute Gasteiger partial charge is 0.497 e. The molecule has 46 heavy (non-hydrogen) atoms. The number of aliphatic hydroxyl groups excluding tert-OH is 1. The Labute approximate surface area is 263 Å². The zero-order valence-corrected chi connectivity index (χ0v) is 24.6. The van der Waals surface area contributed by atoms with Crippen molar-refractivity contribution in [3.05, 3.63) is 131 Å². The highest BCUT2D eigenvalue weighted by Gasteiger charge is 2.56. The summed E-state index contributed by atoms with van der Waals surface area (Å²) >= 11 is 0. The summed E-state index contributed by atoms with van der Waals surface area (Å²) in [6.45, 7) is -0.467. The van der Waals surface area contributed by atoms with Crippen LogP contribution in [-0.2, 0) is 14.2 Å². The Balaban J connectivity index is 1.38.